The Balaban J connectivity index is 1.50. The molecule has 4 unspecified atom stereocenters. The SMILES string of the molecule is CCCCC(CC)COc1cc2c3cc(N=C(c4ccccc4)c4ccccc4)c(N=C(c4ccccc4)c4ccccc4)cc3c3cc(OCC(CC)CCCC)c(OCC(CC)CCCC)cc3c2cc1OCC(CC)CCCC. The molecule has 0 heterocycles. The molecule has 0 aliphatic heterocycles. The highest BCUT2D eigenvalue weighted by Crippen LogP contribution is 2.48. The van der Waals surface area contributed by atoms with E-state index in [0.717, 1.165) is 165 Å². The van der Waals surface area contributed by atoms with Crippen LogP contribution in [-0.4, -0.2) is 37.9 Å². The Bertz CT molecular complexity index is 2960. The molecule has 0 saturated heterocycles. The van der Waals surface area contributed by atoms with Crippen LogP contribution in [0.3, 0.4) is 0 Å². The quantitative estimate of drug-likeness (QED) is 0.0298. The summed E-state index contributed by atoms with van der Waals surface area (Å²) in [6, 6.07) is 55.9. The summed E-state index contributed by atoms with van der Waals surface area (Å²) in [6.45, 7) is 20.8. The van der Waals surface area contributed by atoms with Crippen molar-refractivity contribution in [2.24, 2.45) is 33.7 Å². The highest BCUT2D eigenvalue weighted by molar-refractivity contribution is 6.28. The summed E-state index contributed by atoms with van der Waals surface area (Å²) in [6.07, 6.45) is 18.1. The summed E-state index contributed by atoms with van der Waals surface area (Å²) in [5.41, 5.74) is 7.32. The molecule has 8 rings (SSSR count). The van der Waals surface area contributed by atoms with Crippen molar-refractivity contribution in [3.8, 4) is 23.0 Å². The van der Waals surface area contributed by atoms with Crippen LogP contribution in [0.4, 0.5) is 11.4 Å². The first-order valence-corrected chi connectivity index (χ1v) is 31.8. The maximum absolute atomic E-state index is 7.11. The number of hydrogen-bond donors (Lipinski definition) is 0. The van der Waals surface area contributed by atoms with E-state index in [0.29, 0.717) is 50.1 Å². The van der Waals surface area contributed by atoms with Gasteiger partial charge in [-0.1, -0.05) is 254 Å². The molecule has 0 fully saturated rings. The minimum absolute atomic E-state index is 0.431. The normalized spacial score (nSPS) is 12.9. The first kappa shape index (κ1) is 61.2. The Hall–Kier alpha value is -6.92. The smallest absolute Gasteiger partial charge is 0.161 e. The third-order valence-corrected chi connectivity index (χ3v) is 16.9. The van der Waals surface area contributed by atoms with Gasteiger partial charge >= 0.3 is 0 Å². The Morgan fingerprint density at radius 3 is 0.732 bits per heavy atom. The molecule has 8 aromatic rings. The van der Waals surface area contributed by atoms with Crippen LogP contribution in [0.25, 0.3) is 32.3 Å². The number of nitrogens with zero attached hydrogens (tertiary/aromatic N) is 2. The van der Waals surface area contributed by atoms with Gasteiger partial charge in [-0.3, -0.25) is 0 Å². The highest BCUT2D eigenvalue weighted by atomic mass is 16.5. The lowest BCUT2D eigenvalue weighted by Crippen LogP contribution is -2.14. The molecule has 0 spiro atoms. The molecule has 8 aromatic carbocycles. The molecule has 82 heavy (non-hydrogen) atoms. The minimum Gasteiger partial charge on any atom is -0.489 e. The Labute approximate surface area is 492 Å². The van der Waals surface area contributed by atoms with Crippen LogP contribution in [0, 0.1) is 23.7 Å². The van der Waals surface area contributed by atoms with Gasteiger partial charge in [-0.2, -0.15) is 0 Å². The molecular weight excluding hydrogens is 1000 g/mol. The number of aliphatic imine (C=N–C) groups is 2. The first-order chi connectivity index (χ1) is 40.3. The van der Waals surface area contributed by atoms with E-state index in [9.17, 15) is 0 Å². The minimum atomic E-state index is 0.431. The summed E-state index contributed by atoms with van der Waals surface area (Å²) < 4.78 is 28.4. The maximum atomic E-state index is 7.11. The summed E-state index contributed by atoms with van der Waals surface area (Å²) in [7, 11) is 0. The van der Waals surface area contributed by atoms with Crippen LogP contribution in [0.5, 0.6) is 23.0 Å². The average molecular weight is 1100 g/mol. The molecule has 0 bridgehead atoms. The van der Waals surface area contributed by atoms with Crippen molar-refractivity contribution in [2.75, 3.05) is 26.4 Å². The predicted molar refractivity (Wildman–Crippen MR) is 351 cm³/mol. The van der Waals surface area contributed by atoms with Crippen molar-refractivity contribution in [2.45, 2.75) is 158 Å². The molecular formula is C76H94N2O4. The fraction of sp³-hybridized carbons (Fsp3) is 0.421. The number of unbranched alkanes of at least 4 members (excludes halogenated alkanes) is 4. The van der Waals surface area contributed by atoms with E-state index in [1.54, 1.807) is 0 Å². The van der Waals surface area contributed by atoms with Crippen LogP contribution >= 0.6 is 0 Å². The van der Waals surface area contributed by atoms with Crippen LogP contribution in [0.1, 0.15) is 180 Å². The molecule has 4 atom stereocenters. The second kappa shape index (κ2) is 32.1. The third-order valence-electron chi connectivity index (χ3n) is 16.9. The molecule has 0 saturated carbocycles. The van der Waals surface area contributed by atoms with Gasteiger partial charge in [0.25, 0.3) is 0 Å². The number of rotatable bonds is 34. The molecule has 0 aliphatic rings. The van der Waals surface area contributed by atoms with Gasteiger partial charge in [-0.05, 0) is 118 Å². The average Bonchev–Trinajstić information content (AvgIpc) is 2.19. The lowest BCUT2D eigenvalue weighted by Gasteiger charge is -2.23. The monoisotopic (exact) mass is 1100 g/mol. The van der Waals surface area contributed by atoms with E-state index < -0.39 is 0 Å². The topological polar surface area (TPSA) is 61.6 Å². The van der Waals surface area contributed by atoms with Crippen molar-refractivity contribution in [3.05, 3.63) is 180 Å². The van der Waals surface area contributed by atoms with Crippen molar-refractivity contribution >= 4 is 55.1 Å². The standard InChI is InChI=1S/C76H94N2O4/c1-9-17-33-55(13-5)51-79-71-47-65-63-45-69(77-75(59-37-25-21-26-38-59)60-39-27-22-28-40-60)70(78-76(61-41-29-23-30-42-61)62-43-31-24-32-44-62)46-64(63)66-48-72(80-52-56(14-6)34-18-10-2)74(82-54-58(16-8)36-20-12-4)50-68(66)67(65)49-73(71)81-53-57(15-7)35-19-11-3/h21-32,37-50,55-58H,9-20,33-36,51-54H2,1-8H3. The van der Waals surface area contributed by atoms with Crippen molar-refractivity contribution in [1.29, 1.82) is 0 Å². The first-order valence-electron chi connectivity index (χ1n) is 31.8. The second-order valence-electron chi connectivity index (χ2n) is 22.9. The van der Waals surface area contributed by atoms with Crippen LogP contribution in [0.15, 0.2) is 168 Å². The second-order valence-corrected chi connectivity index (χ2v) is 22.9. The van der Waals surface area contributed by atoms with Gasteiger partial charge in [-0.25, -0.2) is 9.98 Å². The number of hydrogen-bond acceptors (Lipinski definition) is 6. The Kier molecular flexibility index (Phi) is 23.9. The van der Waals surface area contributed by atoms with Gasteiger partial charge in [0.15, 0.2) is 23.0 Å². The molecule has 6 heteroatoms. The zero-order valence-corrected chi connectivity index (χ0v) is 51.0. The van der Waals surface area contributed by atoms with E-state index in [2.05, 4.69) is 213 Å². The highest BCUT2D eigenvalue weighted by Gasteiger charge is 2.23. The zero-order valence-electron chi connectivity index (χ0n) is 51.0. The van der Waals surface area contributed by atoms with Gasteiger partial charge in [-0.15, -0.1) is 0 Å². The lowest BCUT2D eigenvalue weighted by atomic mass is 9.92. The third kappa shape index (κ3) is 16.2. The lowest BCUT2D eigenvalue weighted by molar-refractivity contribution is 0.199. The van der Waals surface area contributed by atoms with Crippen LogP contribution in [-0.2, 0) is 0 Å². The Morgan fingerprint density at radius 2 is 0.524 bits per heavy atom. The van der Waals surface area contributed by atoms with E-state index >= 15 is 0 Å². The summed E-state index contributed by atoms with van der Waals surface area (Å²) in [5, 5.41) is 6.35. The number of ether oxygens (including phenoxy) is 4. The fourth-order valence-electron chi connectivity index (χ4n) is 11.3. The fourth-order valence-corrected chi connectivity index (χ4v) is 11.3. The molecule has 0 radical (unpaired) electrons. The number of benzene rings is 8. The molecule has 0 amide bonds. The summed E-state index contributed by atoms with van der Waals surface area (Å²) in [5.74, 6) is 4.87. The van der Waals surface area contributed by atoms with Crippen molar-refractivity contribution in [1.82, 2.24) is 0 Å². The van der Waals surface area contributed by atoms with Crippen LogP contribution < -0.4 is 18.9 Å². The van der Waals surface area contributed by atoms with Gasteiger partial charge in [0.1, 0.15) is 0 Å². The van der Waals surface area contributed by atoms with Crippen molar-refractivity contribution in [3.63, 3.8) is 0 Å². The van der Waals surface area contributed by atoms with E-state index in [1.807, 2.05) is 0 Å². The maximum Gasteiger partial charge on any atom is 0.161 e. The van der Waals surface area contributed by atoms with Gasteiger partial charge in [0.2, 0.25) is 0 Å². The molecule has 432 valence electrons. The van der Waals surface area contributed by atoms with E-state index in [1.165, 1.54) is 38.5 Å². The largest absolute Gasteiger partial charge is 0.489 e. The zero-order chi connectivity index (χ0) is 57.5. The van der Waals surface area contributed by atoms with Gasteiger partial charge in [0, 0.05) is 22.3 Å². The van der Waals surface area contributed by atoms with E-state index in [-0.39, 0.29) is 0 Å². The number of fused-ring (bicyclic) bond motifs is 6. The molecule has 6 nitrogen and oxygen atoms in total. The molecule has 0 aromatic heterocycles. The summed E-state index contributed by atoms with van der Waals surface area (Å²) in [4.78, 5) is 11.6. The summed E-state index contributed by atoms with van der Waals surface area (Å²) >= 11 is 0. The van der Waals surface area contributed by atoms with Crippen molar-refractivity contribution < 1.29 is 18.9 Å². The Morgan fingerprint density at radius 1 is 0.305 bits per heavy atom. The van der Waals surface area contributed by atoms with Gasteiger partial charge < -0.3 is 18.9 Å². The molecule has 0 N–H and O–H groups in total. The predicted octanol–water partition coefficient (Wildman–Crippen LogP) is 21.9. The molecule has 0 aliphatic carbocycles. The van der Waals surface area contributed by atoms with E-state index in [4.69, 9.17) is 28.9 Å². The van der Waals surface area contributed by atoms with Crippen LogP contribution in [0.2, 0.25) is 0 Å². The van der Waals surface area contributed by atoms with Gasteiger partial charge in [0.05, 0.1) is 49.2 Å².